The lowest BCUT2D eigenvalue weighted by molar-refractivity contribution is 0.341. The van der Waals surface area contributed by atoms with Gasteiger partial charge in [-0.1, -0.05) is 34.9 Å². The second-order valence-corrected chi connectivity index (χ2v) is 4.65. The van der Waals surface area contributed by atoms with Crippen LogP contribution in [-0.2, 0) is 0 Å². The Kier molecular flexibility index (Phi) is 8.93. The van der Waals surface area contributed by atoms with E-state index < -0.39 is 0 Å². The van der Waals surface area contributed by atoms with E-state index in [9.17, 15) is 0 Å². The predicted molar refractivity (Wildman–Crippen MR) is 72.5 cm³/mol. The molecule has 0 aliphatic carbocycles. The normalized spacial score (nSPS) is 12.8. The van der Waals surface area contributed by atoms with Gasteiger partial charge in [0.1, 0.15) is 0 Å². The fourth-order valence-electron chi connectivity index (χ4n) is 1.50. The quantitative estimate of drug-likeness (QED) is 0.633. The fraction of sp³-hybridized carbons (Fsp3) is 0.600. The Morgan fingerprint density at radius 3 is 1.94 bits per heavy atom. The lowest BCUT2D eigenvalue weighted by Crippen LogP contribution is -1.84. The van der Waals surface area contributed by atoms with Crippen LogP contribution in [0.1, 0.15) is 53.4 Å². The molecule has 0 bridgehead atoms. The molecule has 0 saturated carbocycles. The van der Waals surface area contributed by atoms with Crippen LogP contribution in [0.15, 0.2) is 34.9 Å². The summed E-state index contributed by atoms with van der Waals surface area (Å²) < 4.78 is 0. The lowest BCUT2D eigenvalue weighted by Gasteiger charge is -2.02. The Morgan fingerprint density at radius 1 is 0.875 bits per heavy atom. The van der Waals surface area contributed by atoms with Crippen molar-refractivity contribution >= 4 is 0 Å². The molecule has 0 radical (unpaired) electrons. The maximum absolute atomic E-state index is 8.72. The molecule has 0 amide bonds. The molecule has 1 N–H and O–H groups in total. The average molecular weight is 222 g/mol. The molecule has 0 aromatic heterocycles. The summed E-state index contributed by atoms with van der Waals surface area (Å²) in [6.07, 6.45) is 10.9. The minimum atomic E-state index is 0.168. The highest BCUT2D eigenvalue weighted by molar-refractivity contribution is 5.06. The van der Waals surface area contributed by atoms with Crippen LogP contribution in [0.25, 0.3) is 0 Å². The maximum atomic E-state index is 8.72. The van der Waals surface area contributed by atoms with Crippen molar-refractivity contribution in [2.45, 2.75) is 53.4 Å². The molecule has 0 rings (SSSR count). The number of rotatable bonds is 7. The first kappa shape index (κ1) is 15.2. The summed E-state index contributed by atoms with van der Waals surface area (Å²) in [5, 5.41) is 8.72. The number of hydrogen-bond acceptors (Lipinski definition) is 1. The van der Waals surface area contributed by atoms with Crippen LogP contribution in [0, 0.1) is 0 Å². The summed E-state index contributed by atoms with van der Waals surface area (Å²) in [5.74, 6) is 0. The van der Waals surface area contributed by atoms with Gasteiger partial charge in [0, 0.05) is 0 Å². The van der Waals surface area contributed by atoms with Gasteiger partial charge in [-0.05, 0) is 53.4 Å². The van der Waals surface area contributed by atoms with Crippen molar-refractivity contribution in [2.24, 2.45) is 0 Å². The Labute approximate surface area is 101 Å². The van der Waals surface area contributed by atoms with Gasteiger partial charge in [0.25, 0.3) is 0 Å². The zero-order chi connectivity index (χ0) is 12.4. The summed E-state index contributed by atoms with van der Waals surface area (Å²) in [7, 11) is 0. The Hall–Kier alpha value is -0.820. The second-order valence-electron chi connectivity index (χ2n) is 4.65. The van der Waals surface area contributed by atoms with Crippen LogP contribution in [0.2, 0.25) is 0 Å². The zero-order valence-corrected chi connectivity index (χ0v) is 11.2. The summed E-state index contributed by atoms with van der Waals surface area (Å²) in [6.45, 7) is 8.71. The van der Waals surface area contributed by atoms with E-state index in [-0.39, 0.29) is 6.61 Å². The summed E-state index contributed by atoms with van der Waals surface area (Å²) in [5.41, 5.74) is 4.14. The first-order valence-corrected chi connectivity index (χ1v) is 6.11. The molecular formula is C15H26O. The molecule has 1 heteroatoms. The fourth-order valence-corrected chi connectivity index (χ4v) is 1.50. The standard InChI is InChI=1S/C15H26O/c1-13(2)7-5-8-14(3)9-6-10-15(4)11-12-16/h7-8,11,16H,5-6,9-10,12H2,1-4H3. The Morgan fingerprint density at radius 2 is 1.44 bits per heavy atom. The molecule has 0 aliphatic heterocycles. The minimum Gasteiger partial charge on any atom is -0.392 e. The van der Waals surface area contributed by atoms with Gasteiger partial charge >= 0.3 is 0 Å². The van der Waals surface area contributed by atoms with Crippen LogP contribution in [0.3, 0.4) is 0 Å². The molecule has 0 spiro atoms. The number of hydrogen-bond donors (Lipinski definition) is 1. The lowest BCUT2D eigenvalue weighted by atomic mass is 10.0. The number of aliphatic hydroxyl groups excluding tert-OH is 1. The maximum Gasteiger partial charge on any atom is 0.0614 e. The van der Waals surface area contributed by atoms with Gasteiger partial charge in [0.2, 0.25) is 0 Å². The van der Waals surface area contributed by atoms with E-state index in [1.165, 1.54) is 23.1 Å². The van der Waals surface area contributed by atoms with E-state index >= 15 is 0 Å². The molecule has 92 valence electrons. The number of allylic oxidation sites excluding steroid dienone is 5. The average Bonchev–Trinajstić information content (AvgIpc) is 2.17. The molecule has 0 aliphatic rings. The van der Waals surface area contributed by atoms with Gasteiger partial charge in [-0.15, -0.1) is 0 Å². The van der Waals surface area contributed by atoms with Crippen LogP contribution in [-0.4, -0.2) is 11.7 Å². The topological polar surface area (TPSA) is 20.2 Å². The second kappa shape index (κ2) is 9.41. The highest BCUT2D eigenvalue weighted by Gasteiger charge is 1.92. The molecule has 0 heterocycles. The first-order valence-electron chi connectivity index (χ1n) is 6.11. The van der Waals surface area contributed by atoms with E-state index in [0.29, 0.717) is 0 Å². The number of aliphatic hydroxyl groups is 1. The van der Waals surface area contributed by atoms with Crippen LogP contribution < -0.4 is 0 Å². The third-order valence-corrected chi connectivity index (χ3v) is 2.57. The van der Waals surface area contributed by atoms with Gasteiger partial charge in [-0.25, -0.2) is 0 Å². The molecule has 0 saturated heterocycles. The van der Waals surface area contributed by atoms with Gasteiger partial charge in [0.15, 0.2) is 0 Å². The first-order chi connectivity index (χ1) is 7.56. The predicted octanol–water partition coefficient (Wildman–Crippen LogP) is 4.40. The van der Waals surface area contributed by atoms with Crippen LogP contribution in [0.5, 0.6) is 0 Å². The van der Waals surface area contributed by atoms with Crippen molar-refractivity contribution in [3.8, 4) is 0 Å². The molecule has 0 fully saturated rings. The monoisotopic (exact) mass is 222 g/mol. The van der Waals surface area contributed by atoms with Crippen molar-refractivity contribution < 1.29 is 5.11 Å². The Bertz CT molecular complexity index is 265. The summed E-state index contributed by atoms with van der Waals surface area (Å²) >= 11 is 0. The van der Waals surface area contributed by atoms with Gasteiger partial charge in [0.05, 0.1) is 6.61 Å². The molecular weight excluding hydrogens is 196 g/mol. The third kappa shape index (κ3) is 9.72. The van der Waals surface area contributed by atoms with Crippen molar-refractivity contribution in [3.05, 3.63) is 34.9 Å². The van der Waals surface area contributed by atoms with Crippen LogP contribution >= 0.6 is 0 Å². The van der Waals surface area contributed by atoms with Crippen LogP contribution in [0.4, 0.5) is 0 Å². The van der Waals surface area contributed by atoms with Crippen molar-refractivity contribution in [1.29, 1.82) is 0 Å². The van der Waals surface area contributed by atoms with Crippen molar-refractivity contribution in [3.63, 3.8) is 0 Å². The van der Waals surface area contributed by atoms with E-state index in [1.807, 2.05) is 6.08 Å². The SMILES string of the molecule is CC(C)=CCC=C(C)CCCC(C)=CCO. The molecule has 16 heavy (non-hydrogen) atoms. The van der Waals surface area contributed by atoms with E-state index in [1.54, 1.807) is 0 Å². The van der Waals surface area contributed by atoms with Gasteiger partial charge < -0.3 is 5.11 Å². The van der Waals surface area contributed by atoms with E-state index in [4.69, 9.17) is 5.11 Å². The van der Waals surface area contributed by atoms with E-state index in [2.05, 4.69) is 39.8 Å². The zero-order valence-electron chi connectivity index (χ0n) is 11.2. The Balaban J connectivity index is 3.76. The molecule has 0 unspecified atom stereocenters. The molecule has 0 aromatic carbocycles. The highest BCUT2D eigenvalue weighted by atomic mass is 16.2. The molecule has 0 atom stereocenters. The minimum absolute atomic E-state index is 0.168. The summed E-state index contributed by atoms with van der Waals surface area (Å²) in [6, 6.07) is 0. The molecule has 0 aromatic rings. The van der Waals surface area contributed by atoms with Crippen molar-refractivity contribution in [2.75, 3.05) is 6.61 Å². The largest absolute Gasteiger partial charge is 0.392 e. The summed E-state index contributed by atoms with van der Waals surface area (Å²) in [4.78, 5) is 0. The van der Waals surface area contributed by atoms with Gasteiger partial charge in [-0.3, -0.25) is 0 Å². The third-order valence-electron chi connectivity index (χ3n) is 2.57. The van der Waals surface area contributed by atoms with Crippen molar-refractivity contribution in [1.82, 2.24) is 0 Å². The van der Waals surface area contributed by atoms with E-state index in [0.717, 1.165) is 19.3 Å². The molecule has 1 nitrogen and oxygen atoms in total. The smallest absolute Gasteiger partial charge is 0.0614 e. The highest BCUT2D eigenvalue weighted by Crippen LogP contribution is 2.12. The van der Waals surface area contributed by atoms with Gasteiger partial charge in [-0.2, -0.15) is 0 Å².